The summed E-state index contributed by atoms with van der Waals surface area (Å²) in [5.74, 6) is 0. The Labute approximate surface area is 54.3 Å². The zero-order valence-electron chi connectivity index (χ0n) is 6.20. The molecule has 0 atom stereocenters. The Hall–Kier alpha value is 0.217. The predicted octanol–water partition coefficient (Wildman–Crippen LogP) is 2.75. The number of hydrogen-bond acceptors (Lipinski definition) is 0. The normalized spacial score (nSPS) is 12.0. The van der Waals surface area contributed by atoms with Gasteiger partial charge >= 0.3 is 0 Å². The summed E-state index contributed by atoms with van der Waals surface area (Å²) in [5.41, 5.74) is 0. The molecule has 0 saturated heterocycles. The molecule has 0 aromatic carbocycles. The standard InChI is InChI=1S/C7H16Si/c1-5-8(4,6-2)7-3/h4H,5-7H2,1-3H3. The summed E-state index contributed by atoms with van der Waals surface area (Å²) in [5, 5.41) is 0. The topological polar surface area (TPSA) is 0 Å². The fourth-order valence-electron chi connectivity index (χ4n) is 0.750. The Morgan fingerprint density at radius 2 is 1.25 bits per heavy atom. The number of hydrogen-bond donors (Lipinski definition) is 0. The van der Waals surface area contributed by atoms with E-state index < -0.39 is 8.07 Å². The first kappa shape index (κ1) is 8.22. The lowest BCUT2D eigenvalue weighted by Gasteiger charge is -2.20. The molecule has 0 aromatic heterocycles. The van der Waals surface area contributed by atoms with Crippen molar-refractivity contribution in [3.05, 3.63) is 6.55 Å². The van der Waals surface area contributed by atoms with Gasteiger partial charge in [0.2, 0.25) is 0 Å². The van der Waals surface area contributed by atoms with Crippen LogP contribution >= 0.6 is 0 Å². The van der Waals surface area contributed by atoms with Crippen molar-refractivity contribution in [3.63, 3.8) is 0 Å². The summed E-state index contributed by atoms with van der Waals surface area (Å²) < 4.78 is 0. The van der Waals surface area contributed by atoms with E-state index in [9.17, 15) is 0 Å². The van der Waals surface area contributed by atoms with Crippen LogP contribution in [0.1, 0.15) is 20.8 Å². The minimum Gasteiger partial charge on any atom is -0.0678 e. The van der Waals surface area contributed by atoms with E-state index in [2.05, 4.69) is 20.8 Å². The maximum atomic E-state index is 6.03. The molecular formula is C7H16Si. The average Bonchev–Trinajstić information content (AvgIpc) is 1.87. The van der Waals surface area contributed by atoms with E-state index in [1.807, 2.05) is 0 Å². The molecule has 0 aromatic rings. The second-order valence-corrected chi connectivity index (χ2v) is 7.27. The zero-order chi connectivity index (χ0) is 6.62. The van der Waals surface area contributed by atoms with Gasteiger partial charge in [-0.25, -0.2) is 0 Å². The van der Waals surface area contributed by atoms with E-state index in [1.54, 1.807) is 0 Å². The molecule has 0 aliphatic heterocycles. The molecule has 0 amide bonds. The summed E-state index contributed by atoms with van der Waals surface area (Å²) in [7, 11) is -1.17. The Morgan fingerprint density at radius 3 is 1.25 bits per heavy atom. The third-order valence-electron chi connectivity index (χ3n) is 2.11. The monoisotopic (exact) mass is 128 g/mol. The highest BCUT2D eigenvalue weighted by atomic mass is 28.3. The Bertz CT molecular complexity index is 47.1. The first-order valence-corrected chi connectivity index (χ1v) is 6.17. The molecule has 0 aliphatic carbocycles. The fourth-order valence-corrected chi connectivity index (χ4v) is 2.25. The van der Waals surface area contributed by atoms with Gasteiger partial charge in [-0.3, -0.25) is 0 Å². The largest absolute Gasteiger partial charge is 0.0678 e. The van der Waals surface area contributed by atoms with Crippen molar-refractivity contribution in [1.29, 1.82) is 0 Å². The van der Waals surface area contributed by atoms with Crippen LogP contribution in [-0.2, 0) is 0 Å². The van der Waals surface area contributed by atoms with E-state index >= 15 is 0 Å². The first-order valence-electron chi connectivity index (χ1n) is 3.47. The zero-order valence-corrected chi connectivity index (χ0v) is 7.20. The van der Waals surface area contributed by atoms with Crippen LogP contribution < -0.4 is 0 Å². The van der Waals surface area contributed by atoms with Crippen molar-refractivity contribution in [1.82, 2.24) is 0 Å². The van der Waals surface area contributed by atoms with Crippen LogP contribution in [0.3, 0.4) is 0 Å². The Kier molecular flexibility index (Phi) is 3.37. The van der Waals surface area contributed by atoms with Gasteiger partial charge in [0.05, 0.1) is 8.07 Å². The van der Waals surface area contributed by atoms with Gasteiger partial charge < -0.3 is 0 Å². The number of rotatable bonds is 3. The van der Waals surface area contributed by atoms with E-state index in [1.165, 1.54) is 18.1 Å². The third-order valence-corrected chi connectivity index (χ3v) is 6.34. The minimum atomic E-state index is -1.17. The van der Waals surface area contributed by atoms with Gasteiger partial charge in [0.25, 0.3) is 0 Å². The molecule has 0 bridgehead atoms. The molecule has 0 heterocycles. The van der Waals surface area contributed by atoms with Gasteiger partial charge in [-0.1, -0.05) is 38.9 Å². The van der Waals surface area contributed by atoms with Crippen molar-refractivity contribution >= 4 is 8.07 Å². The molecule has 0 spiro atoms. The molecule has 1 heteroatoms. The molecule has 8 heavy (non-hydrogen) atoms. The Balaban J connectivity index is 3.58. The maximum Gasteiger partial charge on any atom is 0.0558 e. The lowest BCUT2D eigenvalue weighted by atomic mass is 10.9. The third kappa shape index (κ3) is 1.99. The lowest BCUT2D eigenvalue weighted by molar-refractivity contribution is 1.19. The van der Waals surface area contributed by atoms with Crippen LogP contribution in [-0.4, -0.2) is 8.07 Å². The predicted molar refractivity (Wildman–Crippen MR) is 41.5 cm³/mol. The van der Waals surface area contributed by atoms with Crippen LogP contribution in [0.2, 0.25) is 18.1 Å². The summed E-state index contributed by atoms with van der Waals surface area (Å²) in [4.78, 5) is 0. The van der Waals surface area contributed by atoms with Crippen LogP contribution in [0.5, 0.6) is 0 Å². The molecule has 0 aliphatic rings. The van der Waals surface area contributed by atoms with Crippen LogP contribution in [0.25, 0.3) is 0 Å². The van der Waals surface area contributed by atoms with Gasteiger partial charge in [-0.2, -0.15) is 0 Å². The summed E-state index contributed by atoms with van der Waals surface area (Å²) >= 11 is 0. The quantitative estimate of drug-likeness (QED) is 0.513. The molecular weight excluding hydrogens is 112 g/mol. The van der Waals surface area contributed by atoms with Crippen molar-refractivity contribution < 1.29 is 0 Å². The van der Waals surface area contributed by atoms with E-state index in [0.29, 0.717) is 0 Å². The molecule has 0 saturated carbocycles. The van der Waals surface area contributed by atoms with Crippen LogP contribution in [0.4, 0.5) is 0 Å². The van der Waals surface area contributed by atoms with Gasteiger partial charge in [0.1, 0.15) is 0 Å². The van der Waals surface area contributed by atoms with E-state index in [4.69, 9.17) is 6.55 Å². The highest BCUT2D eigenvalue weighted by Gasteiger charge is 2.18. The van der Waals surface area contributed by atoms with Crippen molar-refractivity contribution in [2.24, 2.45) is 0 Å². The average molecular weight is 128 g/mol. The minimum absolute atomic E-state index is 1.17. The maximum absolute atomic E-state index is 6.03. The second-order valence-electron chi connectivity index (χ2n) is 2.42. The van der Waals surface area contributed by atoms with Crippen LogP contribution in [0, 0.1) is 6.55 Å². The van der Waals surface area contributed by atoms with Crippen molar-refractivity contribution in [2.75, 3.05) is 0 Å². The van der Waals surface area contributed by atoms with Crippen molar-refractivity contribution in [2.45, 2.75) is 38.9 Å². The van der Waals surface area contributed by atoms with E-state index in [-0.39, 0.29) is 0 Å². The molecule has 0 nitrogen and oxygen atoms in total. The molecule has 0 N–H and O–H groups in total. The smallest absolute Gasteiger partial charge is 0.0558 e. The highest BCUT2D eigenvalue weighted by molar-refractivity contribution is 6.81. The Morgan fingerprint density at radius 1 is 1.00 bits per heavy atom. The lowest BCUT2D eigenvalue weighted by Crippen LogP contribution is -2.26. The van der Waals surface area contributed by atoms with E-state index in [0.717, 1.165) is 0 Å². The van der Waals surface area contributed by atoms with Crippen molar-refractivity contribution in [3.8, 4) is 0 Å². The van der Waals surface area contributed by atoms with Gasteiger partial charge in [0, 0.05) is 0 Å². The van der Waals surface area contributed by atoms with Gasteiger partial charge in [0.15, 0.2) is 0 Å². The summed E-state index contributed by atoms with van der Waals surface area (Å²) in [6, 6.07) is 3.71. The second kappa shape index (κ2) is 3.28. The molecule has 48 valence electrons. The summed E-state index contributed by atoms with van der Waals surface area (Å²) in [6.45, 7) is 12.7. The molecule has 2 radical (unpaired) electrons. The summed E-state index contributed by atoms with van der Waals surface area (Å²) in [6.07, 6.45) is 0. The first-order chi connectivity index (χ1) is 3.68. The molecule has 0 rings (SSSR count). The molecule has 0 unspecified atom stereocenters. The molecule has 0 fully saturated rings. The highest BCUT2D eigenvalue weighted by Crippen LogP contribution is 2.17. The van der Waals surface area contributed by atoms with Gasteiger partial charge in [-0.05, 0) is 6.55 Å². The van der Waals surface area contributed by atoms with Gasteiger partial charge in [-0.15, -0.1) is 0 Å². The van der Waals surface area contributed by atoms with Crippen LogP contribution in [0.15, 0.2) is 0 Å². The SMILES string of the molecule is [CH][Si](CC)(CC)CC. The fraction of sp³-hybridized carbons (Fsp3) is 0.857.